The van der Waals surface area contributed by atoms with Gasteiger partial charge < -0.3 is 5.32 Å². The molecule has 21 heavy (non-hydrogen) atoms. The van der Waals surface area contributed by atoms with Gasteiger partial charge in [-0.05, 0) is 12.1 Å². The van der Waals surface area contributed by atoms with Crippen LogP contribution in [0.3, 0.4) is 0 Å². The second-order valence-corrected chi connectivity index (χ2v) is 7.39. The molecule has 0 aliphatic rings. The second kappa shape index (κ2) is 6.43. The molecule has 2 rings (SSSR count). The molecule has 2 aromatic rings. The molecule has 0 radical (unpaired) electrons. The normalized spacial score (nSPS) is 13.1. The Hall–Kier alpha value is -0.960. The van der Waals surface area contributed by atoms with Crippen molar-refractivity contribution in [2.75, 3.05) is 10.6 Å². The van der Waals surface area contributed by atoms with Crippen molar-refractivity contribution in [2.45, 2.75) is 9.72 Å². The summed E-state index contributed by atoms with van der Waals surface area (Å²) in [7, 11) is -4.33. The van der Waals surface area contributed by atoms with E-state index >= 15 is 0 Å². The van der Waals surface area contributed by atoms with Crippen LogP contribution in [0.5, 0.6) is 0 Å². The van der Waals surface area contributed by atoms with E-state index in [4.69, 9.17) is 0 Å². The molecule has 0 spiro atoms. The van der Waals surface area contributed by atoms with Gasteiger partial charge in [-0.3, -0.25) is 9.35 Å². The molecule has 5 nitrogen and oxygen atoms in total. The number of benzene rings is 2. The van der Waals surface area contributed by atoms with Crippen LogP contribution < -0.4 is 5.32 Å². The standard InChI is InChI=1S/C13H11Br2NO4S/c14-7-10(15)13(17)16-11-5-6-12(21(18,19)20)9-4-2-1-3-8(9)11/h1-6,10H,7H2,(H,16,17)(H,18,19,20). The fourth-order valence-electron chi connectivity index (χ4n) is 1.89. The largest absolute Gasteiger partial charge is 0.325 e. The molecule has 2 N–H and O–H groups in total. The lowest BCUT2D eigenvalue weighted by molar-refractivity contribution is -0.115. The Morgan fingerprint density at radius 1 is 1.19 bits per heavy atom. The van der Waals surface area contributed by atoms with E-state index in [1.807, 2.05) is 0 Å². The highest BCUT2D eigenvalue weighted by atomic mass is 79.9. The van der Waals surface area contributed by atoms with Crippen LogP contribution in [-0.4, -0.2) is 29.0 Å². The van der Waals surface area contributed by atoms with Gasteiger partial charge in [0.1, 0.15) is 9.72 Å². The van der Waals surface area contributed by atoms with Crippen molar-refractivity contribution in [3.8, 4) is 0 Å². The maximum atomic E-state index is 11.9. The lowest BCUT2D eigenvalue weighted by Crippen LogP contribution is -2.24. The van der Waals surface area contributed by atoms with Crippen LogP contribution in [-0.2, 0) is 14.9 Å². The molecule has 8 heteroatoms. The smallest absolute Gasteiger partial charge is 0.295 e. The molecule has 0 aromatic heterocycles. The average Bonchev–Trinajstić information content (AvgIpc) is 2.45. The van der Waals surface area contributed by atoms with Crippen molar-refractivity contribution < 1.29 is 17.8 Å². The van der Waals surface area contributed by atoms with Gasteiger partial charge in [-0.2, -0.15) is 8.42 Å². The molecule has 0 fully saturated rings. The molecule has 0 saturated carbocycles. The first-order valence-electron chi connectivity index (χ1n) is 5.84. The van der Waals surface area contributed by atoms with Gasteiger partial charge in [0.15, 0.2) is 0 Å². The minimum Gasteiger partial charge on any atom is -0.325 e. The predicted molar refractivity (Wildman–Crippen MR) is 88.9 cm³/mol. The molecule has 1 amide bonds. The highest BCUT2D eigenvalue weighted by molar-refractivity contribution is 9.12. The van der Waals surface area contributed by atoms with Gasteiger partial charge >= 0.3 is 0 Å². The molecule has 0 saturated heterocycles. The predicted octanol–water partition coefficient (Wildman–Crippen LogP) is 3.18. The summed E-state index contributed by atoms with van der Waals surface area (Å²) in [6, 6.07) is 9.36. The van der Waals surface area contributed by atoms with Crippen LogP contribution in [0.25, 0.3) is 10.8 Å². The third-order valence-corrected chi connectivity index (χ3v) is 6.01. The summed E-state index contributed by atoms with van der Waals surface area (Å²) in [6.07, 6.45) is 0. The van der Waals surface area contributed by atoms with Crippen LogP contribution in [0, 0.1) is 0 Å². The Morgan fingerprint density at radius 2 is 1.81 bits per heavy atom. The molecule has 0 bridgehead atoms. The van der Waals surface area contributed by atoms with E-state index in [0.29, 0.717) is 21.8 Å². The molecule has 0 aliphatic carbocycles. The lowest BCUT2D eigenvalue weighted by atomic mass is 10.1. The van der Waals surface area contributed by atoms with Gasteiger partial charge in [0.2, 0.25) is 5.91 Å². The summed E-state index contributed by atoms with van der Waals surface area (Å²) in [6.45, 7) is 0. The van der Waals surface area contributed by atoms with Crippen LogP contribution in [0.15, 0.2) is 41.3 Å². The van der Waals surface area contributed by atoms with Crippen molar-refractivity contribution in [2.24, 2.45) is 0 Å². The highest BCUT2D eigenvalue weighted by Gasteiger charge is 2.18. The molecule has 0 aliphatic heterocycles. The molecule has 2 aromatic carbocycles. The monoisotopic (exact) mass is 435 g/mol. The van der Waals surface area contributed by atoms with E-state index < -0.39 is 14.9 Å². The number of hydrogen-bond acceptors (Lipinski definition) is 3. The summed E-state index contributed by atoms with van der Waals surface area (Å²) in [5.41, 5.74) is 0.480. The Bertz CT molecular complexity index is 792. The van der Waals surface area contributed by atoms with Gasteiger partial charge in [-0.25, -0.2) is 0 Å². The number of carbonyl (C=O) groups excluding carboxylic acids is 1. The second-order valence-electron chi connectivity index (χ2n) is 4.24. The van der Waals surface area contributed by atoms with Gasteiger partial charge in [0, 0.05) is 21.8 Å². The van der Waals surface area contributed by atoms with Gasteiger partial charge in [0.25, 0.3) is 10.1 Å². The molecular weight excluding hydrogens is 426 g/mol. The Labute approximate surface area is 138 Å². The quantitative estimate of drug-likeness (QED) is 0.569. The summed E-state index contributed by atoms with van der Waals surface area (Å²) in [5, 5.41) is 4.05. The minimum atomic E-state index is -4.33. The number of halogens is 2. The lowest BCUT2D eigenvalue weighted by Gasteiger charge is -2.12. The van der Waals surface area contributed by atoms with Crippen molar-refractivity contribution in [3.05, 3.63) is 36.4 Å². The Balaban J connectivity index is 2.56. The van der Waals surface area contributed by atoms with Crippen LogP contribution in [0.1, 0.15) is 0 Å². The van der Waals surface area contributed by atoms with Crippen molar-refractivity contribution in [3.63, 3.8) is 0 Å². The van der Waals surface area contributed by atoms with Gasteiger partial charge in [0.05, 0.1) is 0 Å². The summed E-state index contributed by atoms with van der Waals surface area (Å²) < 4.78 is 32.0. The summed E-state index contributed by atoms with van der Waals surface area (Å²) >= 11 is 6.41. The number of amides is 1. The summed E-state index contributed by atoms with van der Waals surface area (Å²) in [4.78, 5) is 11.3. The first-order chi connectivity index (χ1) is 9.84. The van der Waals surface area contributed by atoms with E-state index in [9.17, 15) is 17.8 Å². The SMILES string of the molecule is O=C(Nc1ccc(S(=O)(=O)O)c2ccccc12)C(Br)CBr. The van der Waals surface area contributed by atoms with Gasteiger partial charge in [-0.1, -0.05) is 56.1 Å². The van der Waals surface area contributed by atoms with E-state index in [-0.39, 0.29) is 10.8 Å². The van der Waals surface area contributed by atoms with Crippen molar-refractivity contribution in [1.29, 1.82) is 0 Å². The van der Waals surface area contributed by atoms with Crippen molar-refractivity contribution >= 4 is 64.3 Å². The molecule has 0 heterocycles. The fraction of sp³-hybridized carbons (Fsp3) is 0.154. The number of fused-ring (bicyclic) bond motifs is 1. The number of carbonyl (C=O) groups is 1. The van der Waals surface area contributed by atoms with Crippen LogP contribution in [0.2, 0.25) is 0 Å². The number of alkyl halides is 2. The third-order valence-electron chi connectivity index (χ3n) is 2.84. The molecular formula is C13H11Br2NO4S. The first kappa shape index (κ1) is 16.4. The first-order valence-corrected chi connectivity index (χ1v) is 9.32. The van der Waals surface area contributed by atoms with Gasteiger partial charge in [-0.15, -0.1) is 0 Å². The van der Waals surface area contributed by atoms with Crippen molar-refractivity contribution in [1.82, 2.24) is 0 Å². The zero-order valence-corrected chi connectivity index (χ0v) is 14.6. The number of hydrogen-bond donors (Lipinski definition) is 2. The maximum Gasteiger partial charge on any atom is 0.295 e. The fourth-order valence-corrected chi connectivity index (χ4v) is 2.99. The Morgan fingerprint density at radius 3 is 2.38 bits per heavy atom. The highest BCUT2D eigenvalue weighted by Crippen LogP contribution is 2.29. The average molecular weight is 437 g/mol. The van der Waals surface area contributed by atoms with Crippen LogP contribution >= 0.6 is 31.9 Å². The number of anilines is 1. The van der Waals surface area contributed by atoms with E-state index in [2.05, 4.69) is 37.2 Å². The third kappa shape index (κ3) is 3.63. The van der Waals surface area contributed by atoms with E-state index in [1.165, 1.54) is 12.1 Å². The minimum absolute atomic E-state index is 0.188. The zero-order chi connectivity index (χ0) is 15.6. The van der Waals surface area contributed by atoms with Crippen LogP contribution in [0.4, 0.5) is 5.69 Å². The summed E-state index contributed by atoms with van der Waals surface area (Å²) in [5.74, 6) is -0.253. The zero-order valence-electron chi connectivity index (χ0n) is 10.6. The number of nitrogens with one attached hydrogen (secondary N) is 1. The van der Waals surface area contributed by atoms with E-state index in [1.54, 1.807) is 24.3 Å². The molecule has 112 valence electrons. The topological polar surface area (TPSA) is 83.5 Å². The Kier molecular flexibility index (Phi) is 5.03. The maximum absolute atomic E-state index is 11.9. The molecule has 1 unspecified atom stereocenters. The number of rotatable bonds is 4. The molecule has 1 atom stereocenters. The van der Waals surface area contributed by atoms with E-state index in [0.717, 1.165) is 0 Å².